The van der Waals surface area contributed by atoms with Gasteiger partial charge in [-0.3, -0.25) is 0 Å². The average Bonchev–Trinajstić information content (AvgIpc) is 2.83. The van der Waals surface area contributed by atoms with Gasteiger partial charge in [0, 0.05) is 10.7 Å². The van der Waals surface area contributed by atoms with Crippen molar-refractivity contribution in [3.8, 4) is 0 Å². The Balaban J connectivity index is -0.000000527. The minimum Gasteiger partial charge on any atom is -0.378 e. The molecule has 0 aliphatic carbocycles. The highest BCUT2D eigenvalue weighted by atomic mass is 35.5. The van der Waals surface area contributed by atoms with Crippen molar-refractivity contribution in [2.75, 3.05) is 0 Å². The average molecular weight is 583 g/mol. The van der Waals surface area contributed by atoms with Crippen LogP contribution in [0.3, 0.4) is 0 Å². The topological polar surface area (TPSA) is 12.0 Å². The normalized spacial score (nSPS) is 12.3. The molecular weight excluding hydrogens is 517 g/mol. The molecule has 39 heavy (non-hydrogen) atoms. The zero-order valence-electron chi connectivity index (χ0n) is 27.9. The molecule has 0 bridgehead atoms. The largest absolute Gasteiger partial charge is 0.378 e. The molecular formula is C36H65Cl2N. The standard InChI is InChI=1S/C14H17Cl2N.C14H30.C4H10.C4H8/c1-5-13(15)11(4)17-10(3)12-7-6-9(2)8-14(12)16;1-5-9-12-13(8-4)14(10-6-2)11-7-3;2*1-4(2)3/h5-8,10,17H,4H2,1-3H3;13-14H,5-12H2,1-4H3;4H,1-3H3;1H2,2-3H3/b13-5+;;;. The fourth-order valence-corrected chi connectivity index (χ4v) is 4.62. The molecule has 228 valence electrons. The number of allylic oxidation sites excluding steroid dienone is 3. The molecule has 1 aromatic rings. The van der Waals surface area contributed by atoms with Gasteiger partial charge in [-0.25, -0.2) is 0 Å². The molecule has 1 N–H and O–H groups in total. The molecule has 0 amide bonds. The molecule has 0 saturated carbocycles. The maximum absolute atomic E-state index is 6.20. The molecule has 1 nitrogen and oxygen atoms in total. The SMILES string of the molecule is C=C(C)C.C=C(NC(C)c1ccc(C)cc1Cl)/C(Cl)=C\C.CC(C)C.CCCCC(CC)C(CCC)CCC. The quantitative estimate of drug-likeness (QED) is 0.180. The summed E-state index contributed by atoms with van der Waals surface area (Å²) in [5.41, 5.74) is 4.06. The Morgan fingerprint density at radius 3 is 1.74 bits per heavy atom. The fourth-order valence-electron chi connectivity index (χ4n) is 4.16. The third-order valence-corrected chi connectivity index (χ3v) is 6.77. The Morgan fingerprint density at radius 1 is 0.897 bits per heavy atom. The molecule has 0 aromatic heterocycles. The van der Waals surface area contributed by atoms with E-state index in [0.29, 0.717) is 10.7 Å². The number of aryl methyl sites for hydroxylation is 1. The molecule has 0 aliphatic heterocycles. The number of unbranched alkanes of at least 4 members (excludes halogenated alkanes) is 1. The number of halogens is 2. The molecule has 0 saturated heterocycles. The Hall–Kier alpha value is -1.18. The molecule has 1 aromatic carbocycles. The van der Waals surface area contributed by atoms with E-state index in [4.69, 9.17) is 23.2 Å². The van der Waals surface area contributed by atoms with Crippen molar-refractivity contribution in [3.05, 3.63) is 69.9 Å². The maximum atomic E-state index is 6.20. The van der Waals surface area contributed by atoms with E-state index in [9.17, 15) is 0 Å². The van der Waals surface area contributed by atoms with Crippen molar-refractivity contribution >= 4 is 23.2 Å². The van der Waals surface area contributed by atoms with Crippen LogP contribution in [0, 0.1) is 24.7 Å². The van der Waals surface area contributed by atoms with Crippen LogP contribution in [0.1, 0.15) is 145 Å². The summed E-state index contributed by atoms with van der Waals surface area (Å²) in [6.07, 6.45) is 13.1. The van der Waals surface area contributed by atoms with Crippen LogP contribution in [0.4, 0.5) is 0 Å². The Bertz CT molecular complexity index is 766. The van der Waals surface area contributed by atoms with E-state index in [0.717, 1.165) is 33.9 Å². The number of nitrogens with one attached hydrogen (secondary N) is 1. The number of rotatable bonds is 13. The first kappa shape index (κ1) is 42.3. The predicted octanol–water partition coefficient (Wildman–Crippen LogP) is 13.6. The van der Waals surface area contributed by atoms with Crippen LogP contribution in [-0.4, -0.2) is 0 Å². The summed E-state index contributed by atoms with van der Waals surface area (Å²) >= 11 is 12.2. The van der Waals surface area contributed by atoms with E-state index in [2.05, 4.69) is 66.9 Å². The van der Waals surface area contributed by atoms with Gasteiger partial charge in [0.05, 0.1) is 11.1 Å². The van der Waals surface area contributed by atoms with Gasteiger partial charge in [0.2, 0.25) is 0 Å². The molecule has 0 aliphatic rings. The summed E-state index contributed by atoms with van der Waals surface area (Å²) in [6, 6.07) is 6.09. The van der Waals surface area contributed by atoms with Gasteiger partial charge < -0.3 is 5.32 Å². The van der Waals surface area contributed by atoms with Crippen LogP contribution >= 0.6 is 23.2 Å². The van der Waals surface area contributed by atoms with Gasteiger partial charge in [0.1, 0.15) is 0 Å². The zero-order chi connectivity index (χ0) is 31.0. The van der Waals surface area contributed by atoms with Crippen molar-refractivity contribution < 1.29 is 0 Å². The van der Waals surface area contributed by atoms with Crippen LogP contribution in [0.15, 0.2) is 53.7 Å². The summed E-state index contributed by atoms with van der Waals surface area (Å²) in [7, 11) is 0. The van der Waals surface area contributed by atoms with Crippen molar-refractivity contribution in [1.29, 1.82) is 0 Å². The molecule has 1 rings (SSSR count). The lowest BCUT2D eigenvalue weighted by molar-refractivity contribution is 0.261. The minimum absolute atomic E-state index is 0.0734. The molecule has 0 fully saturated rings. The molecule has 0 radical (unpaired) electrons. The monoisotopic (exact) mass is 581 g/mol. The second-order valence-corrected chi connectivity index (χ2v) is 12.4. The van der Waals surface area contributed by atoms with Crippen LogP contribution in [0.25, 0.3) is 0 Å². The second kappa shape index (κ2) is 27.0. The third kappa shape index (κ3) is 25.5. The summed E-state index contributed by atoms with van der Waals surface area (Å²) in [5.74, 6) is 2.86. The van der Waals surface area contributed by atoms with Gasteiger partial charge >= 0.3 is 0 Å². The van der Waals surface area contributed by atoms with Crippen molar-refractivity contribution in [1.82, 2.24) is 5.32 Å². The van der Waals surface area contributed by atoms with Gasteiger partial charge in [-0.1, -0.05) is 153 Å². The third-order valence-electron chi connectivity index (χ3n) is 5.99. The van der Waals surface area contributed by atoms with Crippen LogP contribution in [0.5, 0.6) is 0 Å². The van der Waals surface area contributed by atoms with Crippen molar-refractivity contribution in [2.24, 2.45) is 17.8 Å². The highest BCUT2D eigenvalue weighted by Gasteiger charge is 2.17. The smallest absolute Gasteiger partial charge is 0.0588 e. The Morgan fingerprint density at radius 2 is 1.38 bits per heavy atom. The van der Waals surface area contributed by atoms with E-state index in [1.807, 2.05) is 52.8 Å². The molecule has 2 atom stereocenters. The van der Waals surface area contributed by atoms with Gasteiger partial charge in [-0.2, -0.15) is 0 Å². The van der Waals surface area contributed by atoms with Gasteiger partial charge in [-0.15, -0.1) is 6.58 Å². The minimum atomic E-state index is 0.0734. The summed E-state index contributed by atoms with van der Waals surface area (Å²) < 4.78 is 0. The Kier molecular flexibility index (Phi) is 29.3. The molecule has 0 heterocycles. The first-order valence-corrected chi connectivity index (χ1v) is 16.1. The zero-order valence-corrected chi connectivity index (χ0v) is 29.5. The lowest BCUT2D eigenvalue weighted by atomic mass is 9.80. The summed E-state index contributed by atoms with van der Waals surface area (Å²) in [5, 5.41) is 4.61. The Labute approximate surface area is 255 Å². The highest BCUT2D eigenvalue weighted by Crippen LogP contribution is 2.29. The summed E-state index contributed by atoms with van der Waals surface area (Å²) in [6.45, 7) is 33.1. The van der Waals surface area contributed by atoms with E-state index in [1.54, 1.807) is 6.08 Å². The molecule has 0 spiro atoms. The van der Waals surface area contributed by atoms with E-state index in [1.165, 1.54) is 56.9 Å². The molecule has 2 unspecified atom stereocenters. The number of benzene rings is 1. The van der Waals surface area contributed by atoms with Crippen LogP contribution in [-0.2, 0) is 0 Å². The van der Waals surface area contributed by atoms with E-state index in [-0.39, 0.29) is 6.04 Å². The lowest BCUT2D eigenvalue weighted by Crippen LogP contribution is -2.18. The number of hydrogen-bond acceptors (Lipinski definition) is 1. The summed E-state index contributed by atoms with van der Waals surface area (Å²) in [4.78, 5) is 0. The van der Waals surface area contributed by atoms with Crippen LogP contribution < -0.4 is 5.32 Å². The molecule has 3 heteroatoms. The van der Waals surface area contributed by atoms with Crippen molar-refractivity contribution in [3.63, 3.8) is 0 Å². The van der Waals surface area contributed by atoms with E-state index < -0.39 is 0 Å². The van der Waals surface area contributed by atoms with Gasteiger partial charge in [-0.05, 0) is 69.6 Å². The highest BCUT2D eigenvalue weighted by molar-refractivity contribution is 6.32. The lowest BCUT2D eigenvalue weighted by Gasteiger charge is -2.25. The van der Waals surface area contributed by atoms with Crippen LogP contribution in [0.2, 0.25) is 5.02 Å². The van der Waals surface area contributed by atoms with Crippen molar-refractivity contribution in [2.45, 2.75) is 140 Å². The first-order valence-electron chi connectivity index (χ1n) is 15.4. The van der Waals surface area contributed by atoms with Gasteiger partial charge in [0.15, 0.2) is 0 Å². The second-order valence-electron chi connectivity index (χ2n) is 11.6. The fraction of sp³-hybridized carbons (Fsp3) is 0.667. The van der Waals surface area contributed by atoms with Gasteiger partial charge in [0.25, 0.3) is 0 Å². The van der Waals surface area contributed by atoms with E-state index >= 15 is 0 Å². The maximum Gasteiger partial charge on any atom is 0.0588 e. The number of hydrogen-bond donors (Lipinski definition) is 1. The first-order chi connectivity index (χ1) is 18.2. The predicted molar refractivity (Wildman–Crippen MR) is 184 cm³/mol.